The predicted molar refractivity (Wildman–Crippen MR) is 99.0 cm³/mol. The van der Waals surface area contributed by atoms with E-state index in [1.165, 1.54) is 16.9 Å². The summed E-state index contributed by atoms with van der Waals surface area (Å²) in [7, 11) is 0. The van der Waals surface area contributed by atoms with Crippen molar-refractivity contribution in [3.63, 3.8) is 0 Å². The predicted octanol–water partition coefficient (Wildman–Crippen LogP) is 2.98. The number of nitrogens with zero attached hydrogens (tertiary/aromatic N) is 2. The van der Waals surface area contributed by atoms with Crippen LogP contribution in [0.15, 0.2) is 54.7 Å². The average molecular weight is 387 g/mol. The first-order chi connectivity index (χ1) is 13.0. The zero-order valence-electron chi connectivity index (χ0n) is 14.4. The van der Waals surface area contributed by atoms with Crippen LogP contribution in [-0.4, -0.2) is 21.6 Å². The molecule has 0 fully saturated rings. The molecule has 1 aromatic heterocycles. The lowest BCUT2D eigenvalue weighted by Crippen LogP contribution is -2.42. The molecule has 0 aliphatic rings. The Morgan fingerprint density at radius 3 is 2.52 bits per heavy atom. The van der Waals surface area contributed by atoms with E-state index in [4.69, 9.17) is 11.6 Å². The Labute approximate surface area is 159 Å². The normalized spacial score (nSPS) is 10.5. The lowest BCUT2D eigenvalue weighted by molar-refractivity contribution is -0.121. The van der Waals surface area contributed by atoms with Gasteiger partial charge in [-0.05, 0) is 36.8 Å². The van der Waals surface area contributed by atoms with Gasteiger partial charge in [0.1, 0.15) is 11.5 Å². The second-order valence-electron chi connectivity index (χ2n) is 5.81. The lowest BCUT2D eigenvalue weighted by atomic mass is 10.1. The maximum atomic E-state index is 13.9. The minimum Gasteiger partial charge on any atom is -0.273 e. The van der Waals surface area contributed by atoms with E-state index in [9.17, 15) is 14.0 Å². The first kappa shape index (κ1) is 18.6. The highest BCUT2D eigenvalue weighted by Crippen LogP contribution is 2.17. The summed E-state index contributed by atoms with van der Waals surface area (Å²) in [6, 6.07) is 12.9. The molecule has 0 atom stereocenters. The van der Waals surface area contributed by atoms with E-state index in [1.807, 2.05) is 0 Å². The van der Waals surface area contributed by atoms with Crippen LogP contribution >= 0.6 is 11.6 Å². The largest absolute Gasteiger partial charge is 0.273 e. The number of amides is 2. The zero-order chi connectivity index (χ0) is 19.4. The van der Waals surface area contributed by atoms with E-state index in [0.29, 0.717) is 10.7 Å². The molecule has 0 aliphatic carbocycles. The summed E-state index contributed by atoms with van der Waals surface area (Å²) in [5.41, 5.74) is 6.36. The highest BCUT2D eigenvalue weighted by Gasteiger charge is 2.17. The third kappa shape index (κ3) is 4.32. The highest BCUT2D eigenvalue weighted by molar-refractivity contribution is 6.30. The van der Waals surface area contributed by atoms with Gasteiger partial charge in [0.25, 0.3) is 5.91 Å². The summed E-state index contributed by atoms with van der Waals surface area (Å²) in [6.45, 7) is 1.64. The highest BCUT2D eigenvalue weighted by atomic mass is 35.5. The monoisotopic (exact) mass is 386 g/mol. The molecule has 0 aliphatic heterocycles. The Balaban J connectivity index is 1.64. The molecule has 0 unspecified atom stereocenters. The van der Waals surface area contributed by atoms with Crippen LogP contribution in [0, 0.1) is 12.7 Å². The molecule has 6 nitrogen and oxygen atoms in total. The molecule has 1 heterocycles. The van der Waals surface area contributed by atoms with Crippen molar-refractivity contribution in [2.45, 2.75) is 13.3 Å². The van der Waals surface area contributed by atoms with Crippen LogP contribution in [0.4, 0.5) is 4.39 Å². The molecule has 138 valence electrons. The van der Waals surface area contributed by atoms with E-state index in [0.717, 1.165) is 5.56 Å². The van der Waals surface area contributed by atoms with Crippen molar-refractivity contribution < 1.29 is 14.0 Å². The number of hydrogen-bond donors (Lipinski definition) is 2. The molecule has 0 spiro atoms. The number of hydrogen-bond acceptors (Lipinski definition) is 3. The zero-order valence-corrected chi connectivity index (χ0v) is 15.1. The molecule has 8 heteroatoms. The summed E-state index contributed by atoms with van der Waals surface area (Å²) < 4.78 is 15.3. The standard InChI is InChI=1S/C19H16ClFN4O2/c1-12-15(11-22-25(12)17-5-3-2-4-16(17)21)19(27)24-23-18(26)10-13-6-8-14(20)9-7-13/h2-9,11H,10H2,1H3,(H,23,26)(H,24,27). The number of para-hydroxylation sites is 1. The topological polar surface area (TPSA) is 76.0 Å². The van der Waals surface area contributed by atoms with Crippen LogP contribution in [-0.2, 0) is 11.2 Å². The minimum absolute atomic E-state index is 0.0882. The van der Waals surface area contributed by atoms with Crippen molar-refractivity contribution in [1.29, 1.82) is 0 Å². The number of benzene rings is 2. The van der Waals surface area contributed by atoms with E-state index in [-0.39, 0.29) is 23.6 Å². The Hall–Kier alpha value is -3.19. The molecule has 27 heavy (non-hydrogen) atoms. The molecule has 3 aromatic rings. The molecule has 0 saturated carbocycles. The number of aromatic nitrogens is 2. The van der Waals surface area contributed by atoms with Gasteiger partial charge in [-0.1, -0.05) is 35.9 Å². The molecule has 2 aromatic carbocycles. The quantitative estimate of drug-likeness (QED) is 0.677. The van der Waals surface area contributed by atoms with Gasteiger partial charge in [0.15, 0.2) is 0 Å². The number of carbonyl (C=O) groups excluding carboxylic acids is 2. The number of carbonyl (C=O) groups is 2. The van der Waals surface area contributed by atoms with Crippen molar-refractivity contribution >= 4 is 23.4 Å². The van der Waals surface area contributed by atoms with Crippen LogP contribution in [0.25, 0.3) is 5.69 Å². The summed E-state index contributed by atoms with van der Waals surface area (Å²) in [6.07, 6.45) is 1.41. The van der Waals surface area contributed by atoms with Crippen LogP contribution < -0.4 is 10.9 Å². The van der Waals surface area contributed by atoms with Gasteiger partial charge in [-0.25, -0.2) is 9.07 Å². The third-order valence-corrected chi connectivity index (χ3v) is 4.18. The first-order valence-corrected chi connectivity index (χ1v) is 8.46. The molecule has 0 bridgehead atoms. The second kappa shape index (κ2) is 8.01. The molecule has 0 radical (unpaired) electrons. The van der Waals surface area contributed by atoms with E-state index >= 15 is 0 Å². The van der Waals surface area contributed by atoms with Gasteiger partial charge in [0, 0.05) is 5.02 Å². The molecule has 3 rings (SSSR count). The fourth-order valence-corrected chi connectivity index (χ4v) is 2.65. The molecular weight excluding hydrogens is 371 g/mol. The van der Waals surface area contributed by atoms with Crippen molar-refractivity contribution in [1.82, 2.24) is 20.6 Å². The fraction of sp³-hybridized carbons (Fsp3) is 0.105. The van der Waals surface area contributed by atoms with Crippen LogP contribution in [0.3, 0.4) is 0 Å². The number of hydrazine groups is 1. The van der Waals surface area contributed by atoms with Gasteiger partial charge >= 0.3 is 0 Å². The SMILES string of the molecule is Cc1c(C(=O)NNC(=O)Cc2ccc(Cl)cc2)cnn1-c1ccccc1F. The Bertz CT molecular complexity index is 986. The van der Waals surface area contributed by atoms with Crippen molar-refractivity contribution in [2.75, 3.05) is 0 Å². The van der Waals surface area contributed by atoms with Gasteiger partial charge in [0.05, 0.1) is 23.9 Å². The number of nitrogens with one attached hydrogen (secondary N) is 2. The Morgan fingerprint density at radius 2 is 1.81 bits per heavy atom. The van der Waals surface area contributed by atoms with E-state index < -0.39 is 11.7 Å². The Morgan fingerprint density at radius 1 is 1.11 bits per heavy atom. The summed E-state index contributed by atoms with van der Waals surface area (Å²) >= 11 is 5.80. The van der Waals surface area contributed by atoms with Crippen molar-refractivity contribution in [3.8, 4) is 5.69 Å². The summed E-state index contributed by atoms with van der Waals surface area (Å²) in [5, 5.41) is 4.64. The molecule has 2 amide bonds. The van der Waals surface area contributed by atoms with Gasteiger partial charge in [-0.2, -0.15) is 5.10 Å². The van der Waals surface area contributed by atoms with Crippen molar-refractivity contribution in [3.05, 3.63) is 82.4 Å². The van der Waals surface area contributed by atoms with Gasteiger partial charge in [-0.15, -0.1) is 0 Å². The van der Waals surface area contributed by atoms with Crippen LogP contribution in [0.5, 0.6) is 0 Å². The summed E-state index contributed by atoms with van der Waals surface area (Å²) in [4.78, 5) is 24.3. The average Bonchev–Trinajstić information content (AvgIpc) is 3.03. The summed E-state index contributed by atoms with van der Waals surface area (Å²) in [5.74, 6) is -1.38. The molecule has 0 saturated heterocycles. The molecule has 2 N–H and O–H groups in total. The first-order valence-electron chi connectivity index (χ1n) is 8.09. The van der Waals surface area contributed by atoms with E-state index in [2.05, 4.69) is 16.0 Å². The third-order valence-electron chi connectivity index (χ3n) is 3.93. The molecular formula is C19H16ClFN4O2. The maximum Gasteiger partial charge on any atom is 0.273 e. The van der Waals surface area contributed by atoms with Gasteiger partial charge in [-0.3, -0.25) is 20.4 Å². The minimum atomic E-state index is -0.542. The van der Waals surface area contributed by atoms with E-state index in [1.54, 1.807) is 49.4 Å². The second-order valence-corrected chi connectivity index (χ2v) is 6.25. The number of halogens is 2. The Kier molecular flexibility index (Phi) is 5.52. The lowest BCUT2D eigenvalue weighted by Gasteiger charge is -2.08. The smallest absolute Gasteiger partial charge is 0.273 e. The van der Waals surface area contributed by atoms with Crippen LogP contribution in [0.2, 0.25) is 5.02 Å². The number of rotatable bonds is 4. The van der Waals surface area contributed by atoms with Crippen molar-refractivity contribution in [2.24, 2.45) is 0 Å². The fourth-order valence-electron chi connectivity index (χ4n) is 2.52. The van der Waals surface area contributed by atoms with Crippen LogP contribution in [0.1, 0.15) is 21.6 Å². The maximum absolute atomic E-state index is 13.9. The van der Waals surface area contributed by atoms with Gasteiger partial charge in [0.2, 0.25) is 5.91 Å². The van der Waals surface area contributed by atoms with Gasteiger partial charge < -0.3 is 0 Å².